The fourth-order valence-electron chi connectivity index (χ4n) is 2.74. The van der Waals surface area contributed by atoms with E-state index in [1.807, 2.05) is 54.6 Å². The molecule has 0 aliphatic heterocycles. The van der Waals surface area contributed by atoms with E-state index in [1.54, 1.807) is 6.92 Å². The topological polar surface area (TPSA) is 64.0 Å². The van der Waals surface area contributed by atoms with Crippen molar-refractivity contribution in [2.45, 2.75) is 26.8 Å². The molecular weight excluding hydrogens is 326 g/mol. The van der Waals surface area contributed by atoms with E-state index < -0.39 is 0 Å². The van der Waals surface area contributed by atoms with E-state index in [-0.39, 0.29) is 18.0 Å². The molecule has 5 heteroatoms. The van der Waals surface area contributed by atoms with Crippen LogP contribution in [0.25, 0.3) is 11.3 Å². The van der Waals surface area contributed by atoms with Crippen LogP contribution in [0.1, 0.15) is 18.3 Å². The van der Waals surface area contributed by atoms with Crippen molar-refractivity contribution in [2.24, 2.45) is 0 Å². The van der Waals surface area contributed by atoms with E-state index in [9.17, 15) is 9.59 Å². The molecule has 0 spiro atoms. The number of amides is 1. The quantitative estimate of drug-likeness (QED) is 0.769. The molecular formula is C21H21N3O2. The van der Waals surface area contributed by atoms with Crippen molar-refractivity contribution in [3.05, 3.63) is 82.4 Å². The highest BCUT2D eigenvalue weighted by atomic mass is 16.2. The number of aryl methyl sites for hydroxylation is 2. The summed E-state index contributed by atoms with van der Waals surface area (Å²) in [5, 5.41) is 2.82. The summed E-state index contributed by atoms with van der Waals surface area (Å²) in [5.41, 5.74) is 3.16. The Bertz CT molecular complexity index is 961. The molecule has 0 aliphatic rings. The number of hydrogen-bond donors (Lipinski definition) is 1. The number of carbonyl (C=O) groups is 1. The smallest absolute Gasteiger partial charge is 0.254 e. The second kappa shape index (κ2) is 7.78. The van der Waals surface area contributed by atoms with Crippen molar-refractivity contribution in [1.82, 2.24) is 9.55 Å². The number of nitrogens with zero attached hydrogens (tertiary/aromatic N) is 2. The highest BCUT2D eigenvalue weighted by Crippen LogP contribution is 2.15. The summed E-state index contributed by atoms with van der Waals surface area (Å²) in [6, 6.07) is 18.7. The van der Waals surface area contributed by atoms with Gasteiger partial charge in [0, 0.05) is 17.3 Å². The van der Waals surface area contributed by atoms with Gasteiger partial charge in [-0.2, -0.15) is 0 Å². The van der Waals surface area contributed by atoms with Gasteiger partial charge in [0.25, 0.3) is 5.56 Å². The predicted octanol–water partition coefficient (Wildman–Crippen LogP) is 3.42. The number of nitrogens with one attached hydrogen (secondary N) is 1. The van der Waals surface area contributed by atoms with Gasteiger partial charge in [-0.3, -0.25) is 14.2 Å². The Morgan fingerprint density at radius 1 is 1.08 bits per heavy atom. The van der Waals surface area contributed by atoms with Crippen molar-refractivity contribution in [3.63, 3.8) is 0 Å². The zero-order valence-corrected chi connectivity index (χ0v) is 14.9. The summed E-state index contributed by atoms with van der Waals surface area (Å²) in [7, 11) is 0. The van der Waals surface area contributed by atoms with E-state index in [2.05, 4.69) is 17.2 Å². The molecule has 2 aromatic carbocycles. The lowest BCUT2D eigenvalue weighted by Gasteiger charge is -2.11. The minimum Gasteiger partial charge on any atom is -0.325 e. The fraction of sp³-hybridized carbons (Fsp3) is 0.190. The monoisotopic (exact) mass is 347 g/mol. The first-order valence-corrected chi connectivity index (χ1v) is 8.59. The Morgan fingerprint density at radius 2 is 1.77 bits per heavy atom. The Labute approximate surface area is 152 Å². The van der Waals surface area contributed by atoms with E-state index in [0.29, 0.717) is 17.2 Å². The number of hydrogen-bond acceptors (Lipinski definition) is 3. The molecule has 1 aromatic heterocycles. The largest absolute Gasteiger partial charge is 0.325 e. The second-order valence-electron chi connectivity index (χ2n) is 6.08. The lowest BCUT2D eigenvalue weighted by molar-refractivity contribution is -0.116. The van der Waals surface area contributed by atoms with Gasteiger partial charge in [0.2, 0.25) is 5.91 Å². The first kappa shape index (κ1) is 17.6. The molecule has 0 radical (unpaired) electrons. The van der Waals surface area contributed by atoms with Gasteiger partial charge in [-0.25, -0.2) is 4.98 Å². The maximum atomic E-state index is 12.4. The Kier molecular flexibility index (Phi) is 5.27. The summed E-state index contributed by atoms with van der Waals surface area (Å²) in [6.45, 7) is 3.74. The fourth-order valence-corrected chi connectivity index (χ4v) is 2.74. The third kappa shape index (κ3) is 4.06. The lowest BCUT2D eigenvalue weighted by atomic mass is 10.1. The SMILES string of the molecule is CCc1ccc(NC(=O)Cn2c(C)nc(-c3ccccc3)cc2=O)cc1. The average Bonchev–Trinajstić information content (AvgIpc) is 2.66. The second-order valence-corrected chi connectivity index (χ2v) is 6.08. The van der Waals surface area contributed by atoms with E-state index >= 15 is 0 Å². The van der Waals surface area contributed by atoms with Gasteiger partial charge in [0.05, 0.1) is 5.69 Å². The van der Waals surface area contributed by atoms with Crippen LogP contribution in [0.15, 0.2) is 65.5 Å². The van der Waals surface area contributed by atoms with E-state index in [1.165, 1.54) is 16.2 Å². The first-order chi connectivity index (χ1) is 12.6. The molecule has 5 nitrogen and oxygen atoms in total. The predicted molar refractivity (Wildman–Crippen MR) is 103 cm³/mol. The Balaban J connectivity index is 1.76. The molecule has 0 bridgehead atoms. The van der Waals surface area contributed by atoms with Gasteiger partial charge in [-0.1, -0.05) is 49.4 Å². The van der Waals surface area contributed by atoms with Crippen molar-refractivity contribution >= 4 is 11.6 Å². The highest BCUT2D eigenvalue weighted by molar-refractivity contribution is 5.90. The van der Waals surface area contributed by atoms with Crippen LogP contribution in [0.2, 0.25) is 0 Å². The minimum atomic E-state index is -0.256. The van der Waals surface area contributed by atoms with Crippen LogP contribution < -0.4 is 10.9 Å². The minimum absolute atomic E-state index is 0.0672. The van der Waals surface area contributed by atoms with Gasteiger partial charge >= 0.3 is 0 Å². The molecule has 0 unspecified atom stereocenters. The Morgan fingerprint density at radius 3 is 2.38 bits per heavy atom. The van der Waals surface area contributed by atoms with Gasteiger partial charge < -0.3 is 5.32 Å². The van der Waals surface area contributed by atoms with E-state index in [0.717, 1.165) is 12.0 Å². The molecule has 132 valence electrons. The third-order valence-electron chi connectivity index (χ3n) is 4.22. The van der Waals surface area contributed by atoms with Crippen LogP contribution in [0.4, 0.5) is 5.69 Å². The lowest BCUT2D eigenvalue weighted by Crippen LogP contribution is -2.29. The van der Waals surface area contributed by atoms with Gasteiger partial charge in [-0.15, -0.1) is 0 Å². The van der Waals surface area contributed by atoms with Crippen LogP contribution >= 0.6 is 0 Å². The van der Waals surface area contributed by atoms with Gasteiger partial charge in [-0.05, 0) is 31.0 Å². The normalized spacial score (nSPS) is 10.5. The molecule has 1 amide bonds. The number of benzene rings is 2. The van der Waals surface area contributed by atoms with E-state index in [4.69, 9.17) is 0 Å². The molecule has 0 fully saturated rings. The number of anilines is 1. The molecule has 0 aliphatic carbocycles. The van der Waals surface area contributed by atoms with Gasteiger partial charge in [0.1, 0.15) is 12.4 Å². The molecule has 1 N–H and O–H groups in total. The number of aromatic nitrogens is 2. The summed E-state index contributed by atoms with van der Waals surface area (Å²) in [6.07, 6.45) is 0.947. The van der Waals surface area contributed by atoms with Crippen molar-refractivity contribution in [3.8, 4) is 11.3 Å². The highest BCUT2D eigenvalue weighted by Gasteiger charge is 2.11. The molecule has 26 heavy (non-hydrogen) atoms. The van der Waals surface area contributed by atoms with Crippen molar-refractivity contribution in [2.75, 3.05) is 5.32 Å². The van der Waals surface area contributed by atoms with Crippen molar-refractivity contribution < 1.29 is 4.79 Å². The third-order valence-corrected chi connectivity index (χ3v) is 4.22. The summed E-state index contributed by atoms with van der Waals surface area (Å²) >= 11 is 0. The summed E-state index contributed by atoms with van der Waals surface area (Å²) < 4.78 is 1.38. The van der Waals surface area contributed by atoms with Crippen LogP contribution in [-0.4, -0.2) is 15.5 Å². The zero-order valence-electron chi connectivity index (χ0n) is 14.9. The standard InChI is InChI=1S/C21H21N3O2/c1-3-16-9-11-18(12-10-16)23-20(25)14-24-15(2)22-19(13-21(24)26)17-7-5-4-6-8-17/h4-13H,3,14H2,1-2H3,(H,23,25). The van der Waals surface area contributed by atoms with Crippen LogP contribution in [0.5, 0.6) is 0 Å². The summed E-state index contributed by atoms with van der Waals surface area (Å²) in [4.78, 5) is 29.2. The molecule has 0 atom stereocenters. The average molecular weight is 347 g/mol. The molecule has 3 rings (SSSR count). The van der Waals surface area contributed by atoms with Crippen LogP contribution in [0.3, 0.4) is 0 Å². The first-order valence-electron chi connectivity index (χ1n) is 8.59. The number of rotatable bonds is 5. The van der Waals surface area contributed by atoms with Crippen LogP contribution in [0, 0.1) is 6.92 Å². The molecule has 3 aromatic rings. The van der Waals surface area contributed by atoms with Crippen LogP contribution in [-0.2, 0) is 17.8 Å². The maximum Gasteiger partial charge on any atom is 0.254 e. The zero-order chi connectivity index (χ0) is 18.5. The van der Waals surface area contributed by atoms with Crippen molar-refractivity contribution in [1.29, 1.82) is 0 Å². The summed E-state index contributed by atoms with van der Waals surface area (Å²) in [5.74, 6) is 0.251. The molecule has 1 heterocycles. The Hall–Kier alpha value is -3.21. The molecule has 0 saturated carbocycles. The molecule has 0 saturated heterocycles. The maximum absolute atomic E-state index is 12.4. The number of carbonyl (C=O) groups excluding carboxylic acids is 1. The van der Waals surface area contributed by atoms with Gasteiger partial charge in [0.15, 0.2) is 0 Å².